The van der Waals surface area contributed by atoms with Gasteiger partial charge in [-0.15, -0.1) is 0 Å². The van der Waals surface area contributed by atoms with Crippen molar-refractivity contribution < 1.29 is 5.11 Å². The summed E-state index contributed by atoms with van der Waals surface area (Å²) in [6.07, 6.45) is 2.27. The lowest BCUT2D eigenvalue weighted by Crippen LogP contribution is -2.10. The smallest absolute Gasteiger partial charge is 0.138 e. The molecule has 0 saturated heterocycles. The number of benzene rings is 1. The summed E-state index contributed by atoms with van der Waals surface area (Å²) in [5.74, 6) is 0.782. The van der Waals surface area contributed by atoms with Crippen LogP contribution in [0.3, 0.4) is 0 Å². The van der Waals surface area contributed by atoms with E-state index >= 15 is 0 Å². The molecule has 1 N–H and O–H groups in total. The first kappa shape index (κ1) is 13.1. The number of nitrogens with zero attached hydrogens (tertiary/aromatic N) is 3. The third-order valence-electron chi connectivity index (χ3n) is 2.77. The van der Waals surface area contributed by atoms with Gasteiger partial charge in [-0.1, -0.05) is 36.7 Å². The maximum atomic E-state index is 10.2. The molecule has 1 aromatic heterocycles. The van der Waals surface area contributed by atoms with Crippen LogP contribution in [0.2, 0.25) is 5.02 Å². The Morgan fingerprint density at radius 3 is 2.89 bits per heavy atom. The van der Waals surface area contributed by atoms with Crippen LogP contribution in [-0.4, -0.2) is 19.9 Å². The molecule has 96 valence electrons. The molecule has 4 nitrogen and oxygen atoms in total. The fraction of sp³-hybridized carbons (Fsp3) is 0.385. The molecule has 0 bridgehead atoms. The normalized spacial score (nSPS) is 12.6. The highest BCUT2D eigenvalue weighted by molar-refractivity contribution is 6.31. The monoisotopic (exact) mass is 265 g/mol. The minimum Gasteiger partial charge on any atom is -0.388 e. The van der Waals surface area contributed by atoms with Gasteiger partial charge in [0.25, 0.3) is 0 Å². The molecule has 0 aliphatic carbocycles. The average molecular weight is 266 g/mol. The van der Waals surface area contributed by atoms with Gasteiger partial charge in [0.05, 0.1) is 6.10 Å². The van der Waals surface area contributed by atoms with Crippen molar-refractivity contribution in [3.63, 3.8) is 0 Å². The Morgan fingerprint density at radius 2 is 2.17 bits per heavy atom. The highest BCUT2D eigenvalue weighted by atomic mass is 35.5. The first-order chi connectivity index (χ1) is 8.72. The number of aryl methyl sites for hydroxylation is 1. The molecule has 2 rings (SSSR count). The number of halogens is 1. The van der Waals surface area contributed by atoms with E-state index in [0.29, 0.717) is 11.4 Å². The number of aliphatic hydroxyl groups is 1. The van der Waals surface area contributed by atoms with Gasteiger partial charge in [0.1, 0.15) is 12.2 Å². The summed E-state index contributed by atoms with van der Waals surface area (Å²) in [6, 6.07) is 7.31. The zero-order valence-corrected chi connectivity index (χ0v) is 11.0. The van der Waals surface area contributed by atoms with Gasteiger partial charge in [-0.2, -0.15) is 5.10 Å². The topological polar surface area (TPSA) is 50.9 Å². The third-order valence-corrected chi connectivity index (χ3v) is 3.12. The molecule has 0 spiro atoms. The Labute approximate surface area is 111 Å². The molecule has 1 heterocycles. The lowest BCUT2D eigenvalue weighted by atomic mass is 10.1. The van der Waals surface area contributed by atoms with Crippen LogP contribution in [0.4, 0.5) is 0 Å². The van der Waals surface area contributed by atoms with Crippen molar-refractivity contribution in [3.05, 3.63) is 47.0 Å². The van der Waals surface area contributed by atoms with Gasteiger partial charge in [-0.25, -0.2) is 4.98 Å². The summed E-state index contributed by atoms with van der Waals surface area (Å²) in [5, 5.41) is 14.9. The zero-order chi connectivity index (χ0) is 13.0. The highest BCUT2D eigenvalue weighted by Gasteiger charge is 2.15. The van der Waals surface area contributed by atoms with Crippen LogP contribution in [0.15, 0.2) is 30.6 Å². The standard InChI is InChI=1S/C13H16ClN3O/c1-2-7-17-13(15-9-16-17)8-12(18)10-5-3-4-6-11(10)14/h3-6,9,12,18H,2,7-8H2,1H3. The van der Waals surface area contributed by atoms with Crippen LogP contribution in [0, 0.1) is 0 Å². The summed E-state index contributed by atoms with van der Waals surface area (Å²) in [4.78, 5) is 4.18. The second-order valence-corrected chi connectivity index (χ2v) is 4.55. The number of aromatic nitrogens is 3. The Balaban J connectivity index is 2.14. The third kappa shape index (κ3) is 2.89. The highest BCUT2D eigenvalue weighted by Crippen LogP contribution is 2.24. The summed E-state index contributed by atoms with van der Waals surface area (Å²) in [6.45, 7) is 2.89. The number of rotatable bonds is 5. The van der Waals surface area contributed by atoms with Gasteiger partial charge in [-0.3, -0.25) is 4.68 Å². The van der Waals surface area contributed by atoms with E-state index in [2.05, 4.69) is 17.0 Å². The number of hydrogen-bond donors (Lipinski definition) is 1. The molecule has 18 heavy (non-hydrogen) atoms. The molecule has 0 saturated carbocycles. The molecular formula is C13H16ClN3O. The maximum Gasteiger partial charge on any atom is 0.138 e. The van der Waals surface area contributed by atoms with Gasteiger partial charge in [0.15, 0.2) is 0 Å². The average Bonchev–Trinajstić information content (AvgIpc) is 2.78. The first-order valence-electron chi connectivity index (χ1n) is 6.01. The molecule has 1 aromatic carbocycles. The van der Waals surface area contributed by atoms with Crippen LogP contribution in [-0.2, 0) is 13.0 Å². The summed E-state index contributed by atoms with van der Waals surface area (Å²) in [5.41, 5.74) is 0.727. The molecule has 0 amide bonds. The summed E-state index contributed by atoms with van der Waals surface area (Å²) < 4.78 is 1.82. The Hall–Kier alpha value is -1.39. The second kappa shape index (κ2) is 5.98. The molecule has 0 radical (unpaired) electrons. The quantitative estimate of drug-likeness (QED) is 0.904. The van der Waals surface area contributed by atoms with E-state index in [1.807, 2.05) is 22.9 Å². The molecule has 2 aromatic rings. The minimum atomic E-state index is -0.654. The van der Waals surface area contributed by atoms with Gasteiger partial charge < -0.3 is 5.11 Å². The molecule has 1 atom stereocenters. The minimum absolute atomic E-state index is 0.420. The van der Waals surface area contributed by atoms with Crippen LogP contribution >= 0.6 is 11.6 Å². The van der Waals surface area contributed by atoms with Crippen molar-refractivity contribution in [2.24, 2.45) is 0 Å². The van der Waals surface area contributed by atoms with Crippen molar-refractivity contribution in [2.45, 2.75) is 32.4 Å². The number of hydrogen-bond acceptors (Lipinski definition) is 3. The SMILES string of the molecule is CCCn1ncnc1CC(O)c1ccccc1Cl. The molecular weight excluding hydrogens is 250 g/mol. The lowest BCUT2D eigenvalue weighted by molar-refractivity contribution is 0.174. The summed E-state index contributed by atoms with van der Waals surface area (Å²) in [7, 11) is 0. The van der Waals surface area contributed by atoms with E-state index < -0.39 is 6.10 Å². The molecule has 1 unspecified atom stereocenters. The Bertz CT molecular complexity index is 512. The fourth-order valence-electron chi connectivity index (χ4n) is 1.87. The molecule has 0 aliphatic rings. The predicted molar refractivity (Wildman–Crippen MR) is 70.4 cm³/mol. The van der Waals surface area contributed by atoms with Gasteiger partial charge in [-0.05, 0) is 18.1 Å². The van der Waals surface area contributed by atoms with Crippen molar-refractivity contribution in [3.8, 4) is 0 Å². The van der Waals surface area contributed by atoms with Crippen molar-refractivity contribution in [1.29, 1.82) is 0 Å². The first-order valence-corrected chi connectivity index (χ1v) is 6.39. The van der Waals surface area contributed by atoms with E-state index in [9.17, 15) is 5.11 Å². The van der Waals surface area contributed by atoms with Crippen LogP contribution < -0.4 is 0 Å². The Morgan fingerprint density at radius 1 is 1.39 bits per heavy atom. The fourth-order valence-corrected chi connectivity index (χ4v) is 2.13. The number of aliphatic hydroxyl groups excluding tert-OH is 1. The largest absolute Gasteiger partial charge is 0.388 e. The van der Waals surface area contributed by atoms with E-state index in [1.54, 1.807) is 6.07 Å². The maximum absolute atomic E-state index is 10.2. The lowest BCUT2D eigenvalue weighted by Gasteiger charge is -2.12. The van der Waals surface area contributed by atoms with E-state index in [-0.39, 0.29) is 0 Å². The molecule has 5 heteroatoms. The van der Waals surface area contributed by atoms with Gasteiger partial charge >= 0.3 is 0 Å². The predicted octanol–water partition coefficient (Wildman–Crippen LogP) is 2.62. The van der Waals surface area contributed by atoms with Crippen molar-refractivity contribution >= 4 is 11.6 Å². The van der Waals surface area contributed by atoms with Crippen LogP contribution in [0.5, 0.6) is 0 Å². The summed E-state index contributed by atoms with van der Waals surface area (Å²) >= 11 is 6.06. The molecule has 0 aliphatic heterocycles. The van der Waals surface area contributed by atoms with Crippen molar-refractivity contribution in [1.82, 2.24) is 14.8 Å². The molecule has 0 fully saturated rings. The van der Waals surface area contributed by atoms with Crippen LogP contribution in [0.25, 0.3) is 0 Å². The van der Waals surface area contributed by atoms with E-state index in [0.717, 1.165) is 24.4 Å². The van der Waals surface area contributed by atoms with Gasteiger partial charge in [0.2, 0.25) is 0 Å². The van der Waals surface area contributed by atoms with Gasteiger partial charge in [0, 0.05) is 18.0 Å². The Kier molecular flexibility index (Phi) is 4.33. The zero-order valence-electron chi connectivity index (χ0n) is 10.3. The second-order valence-electron chi connectivity index (χ2n) is 4.14. The van der Waals surface area contributed by atoms with Crippen molar-refractivity contribution in [2.75, 3.05) is 0 Å². The van der Waals surface area contributed by atoms with E-state index in [4.69, 9.17) is 11.6 Å². The van der Waals surface area contributed by atoms with Crippen LogP contribution in [0.1, 0.15) is 30.8 Å². The van der Waals surface area contributed by atoms with E-state index in [1.165, 1.54) is 6.33 Å².